The first-order valence-corrected chi connectivity index (χ1v) is 16.0. The number of fused-ring (bicyclic) bond motifs is 1. The van der Waals surface area contributed by atoms with Gasteiger partial charge in [-0.3, -0.25) is 9.59 Å². The van der Waals surface area contributed by atoms with Crippen LogP contribution in [0.5, 0.6) is 0 Å². The molecule has 1 aromatic heterocycles. The third-order valence-electron chi connectivity index (χ3n) is 7.69. The van der Waals surface area contributed by atoms with Crippen molar-refractivity contribution >= 4 is 28.6 Å². The van der Waals surface area contributed by atoms with E-state index in [0.29, 0.717) is 40.1 Å². The van der Waals surface area contributed by atoms with Gasteiger partial charge in [0.25, 0.3) is 0 Å². The fraction of sp³-hybridized carbons (Fsp3) is 0.222. The van der Waals surface area contributed by atoms with Gasteiger partial charge in [0.15, 0.2) is 17.1 Å². The Kier molecular flexibility index (Phi) is 10.8. The van der Waals surface area contributed by atoms with E-state index in [1.165, 1.54) is 29.2 Å². The Bertz CT molecular complexity index is 1930. The lowest BCUT2D eigenvalue weighted by atomic mass is 9.97. The van der Waals surface area contributed by atoms with E-state index in [4.69, 9.17) is 0 Å². The summed E-state index contributed by atoms with van der Waals surface area (Å²) >= 11 is 1.08. The Labute approximate surface area is 273 Å². The fourth-order valence-corrected chi connectivity index (χ4v) is 6.37. The highest BCUT2D eigenvalue weighted by molar-refractivity contribution is 7.98. The average molecular weight is 666 g/mol. The van der Waals surface area contributed by atoms with E-state index in [1.54, 1.807) is 65.2 Å². The molecular formula is C36H32F5N3O2S. The van der Waals surface area contributed by atoms with E-state index in [1.807, 2.05) is 6.92 Å². The van der Waals surface area contributed by atoms with Crippen molar-refractivity contribution in [2.24, 2.45) is 0 Å². The molecule has 1 amide bonds. The van der Waals surface area contributed by atoms with Crippen LogP contribution in [0.3, 0.4) is 0 Å². The lowest BCUT2D eigenvalue weighted by Crippen LogP contribution is -2.38. The normalized spacial score (nSPS) is 11.6. The van der Waals surface area contributed by atoms with E-state index < -0.39 is 29.3 Å². The minimum absolute atomic E-state index is 0.00627. The monoisotopic (exact) mass is 665 g/mol. The summed E-state index contributed by atoms with van der Waals surface area (Å²) < 4.78 is 72.7. The molecule has 5 rings (SSSR count). The fourth-order valence-electron chi connectivity index (χ4n) is 5.33. The molecule has 5 aromatic rings. The molecule has 0 atom stereocenters. The van der Waals surface area contributed by atoms with Crippen LogP contribution in [-0.2, 0) is 29.8 Å². The number of carbonyl (C=O) groups is 1. The molecule has 1 heterocycles. The van der Waals surface area contributed by atoms with Crippen molar-refractivity contribution < 1.29 is 26.7 Å². The highest BCUT2D eigenvalue weighted by Gasteiger charge is 2.34. The Morgan fingerprint density at radius 1 is 0.915 bits per heavy atom. The first kappa shape index (κ1) is 33.9. The first-order valence-electron chi connectivity index (χ1n) is 15.0. The van der Waals surface area contributed by atoms with Gasteiger partial charge >= 0.3 is 6.18 Å². The van der Waals surface area contributed by atoms with Crippen LogP contribution in [0.25, 0.3) is 22.0 Å². The summed E-state index contributed by atoms with van der Waals surface area (Å²) in [5.74, 6) is -2.38. The van der Waals surface area contributed by atoms with Crippen LogP contribution >= 0.6 is 11.8 Å². The number of pyridine rings is 1. The molecule has 0 bridgehead atoms. The highest BCUT2D eigenvalue weighted by atomic mass is 32.2. The van der Waals surface area contributed by atoms with Crippen LogP contribution in [0.2, 0.25) is 0 Å². The molecule has 0 fully saturated rings. The summed E-state index contributed by atoms with van der Waals surface area (Å²) in [5, 5.41) is 3.89. The first-order chi connectivity index (χ1) is 22.6. The number of carbonyl (C=O) groups excluding carboxylic acids is 1. The van der Waals surface area contributed by atoms with Crippen LogP contribution in [0, 0.1) is 11.6 Å². The smallest absolute Gasteiger partial charge is 0.336 e. The Balaban J connectivity index is 1.48. The van der Waals surface area contributed by atoms with Crippen LogP contribution in [0.4, 0.5) is 22.0 Å². The summed E-state index contributed by atoms with van der Waals surface area (Å²) in [4.78, 5) is 28.5. The summed E-state index contributed by atoms with van der Waals surface area (Å²) in [6.07, 6.45) is -4.62. The molecule has 5 nitrogen and oxygen atoms in total. The number of benzene rings is 4. The number of hydrogen-bond donors (Lipinski definition) is 1. The summed E-state index contributed by atoms with van der Waals surface area (Å²) in [6, 6.07) is 24.4. The van der Waals surface area contributed by atoms with Crippen molar-refractivity contribution in [3.05, 3.63) is 136 Å². The lowest BCUT2D eigenvalue weighted by Gasteiger charge is -2.26. The molecular weight excluding hydrogens is 633 g/mol. The van der Waals surface area contributed by atoms with Gasteiger partial charge in [-0.05, 0) is 47.5 Å². The third kappa shape index (κ3) is 8.09. The average Bonchev–Trinajstić information content (AvgIpc) is 3.06. The maximum atomic E-state index is 14.4. The van der Waals surface area contributed by atoms with Gasteiger partial charge in [0, 0.05) is 42.4 Å². The number of aromatic nitrogens is 1. The number of alkyl halides is 3. The molecule has 0 aliphatic carbocycles. The Hall–Kier alpha value is -4.48. The topological polar surface area (TPSA) is 54.3 Å². The van der Waals surface area contributed by atoms with Crippen LogP contribution in [0.1, 0.15) is 23.6 Å². The molecule has 0 unspecified atom stereocenters. The Morgan fingerprint density at radius 2 is 1.66 bits per heavy atom. The summed E-state index contributed by atoms with van der Waals surface area (Å²) in [7, 11) is 0. The van der Waals surface area contributed by atoms with Gasteiger partial charge in [-0.25, -0.2) is 8.78 Å². The highest BCUT2D eigenvalue weighted by Crippen LogP contribution is 2.38. The zero-order valence-electron chi connectivity index (χ0n) is 25.5. The molecule has 4 aromatic carbocycles. The molecule has 0 aliphatic heterocycles. The summed E-state index contributed by atoms with van der Waals surface area (Å²) in [5.41, 5.74) is 0.253. The number of thioether (sulfide) groups is 1. The molecule has 47 heavy (non-hydrogen) atoms. The number of nitrogens with zero attached hydrogens (tertiary/aromatic N) is 2. The van der Waals surface area contributed by atoms with E-state index in [0.717, 1.165) is 23.9 Å². The second kappa shape index (κ2) is 15.0. The zero-order chi connectivity index (χ0) is 33.6. The van der Waals surface area contributed by atoms with Gasteiger partial charge in [0.05, 0.1) is 16.1 Å². The van der Waals surface area contributed by atoms with E-state index in [9.17, 15) is 31.5 Å². The molecule has 0 radical (unpaired) electrons. The second-order valence-electron chi connectivity index (χ2n) is 10.9. The molecule has 11 heteroatoms. The lowest BCUT2D eigenvalue weighted by molar-refractivity contribution is -0.137. The maximum Gasteiger partial charge on any atom is 0.417 e. The quantitative estimate of drug-likeness (QED) is 0.0837. The molecule has 0 spiro atoms. The molecule has 1 N–H and O–H groups in total. The minimum atomic E-state index is -4.62. The third-order valence-corrected chi connectivity index (χ3v) is 8.78. The number of halogens is 5. The minimum Gasteiger partial charge on any atom is -0.336 e. The van der Waals surface area contributed by atoms with Crippen molar-refractivity contribution in [3.8, 4) is 11.1 Å². The van der Waals surface area contributed by atoms with Crippen molar-refractivity contribution in [1.29, 1.82) is 0 Å². The number of likely N-dealkylation sites (N-methyl/N-ethyl adjacent to an activating group) is 1. The van der Waals surface area contributed by atoms with Crippen molar-refractivity contribution in [3.63, 3.8) is 0 Å². The van der Waals surface area contributed by atoms with E-state index in [2.05, 4.69) is 5.32 Å². The largest absolute Gasteiger partial charge is 0.417 e. The second-order valence-corrected chi connectivity index (χ2v) is 11.9. The van der Waals surface area contributed by atoms with Crippen LogP contribution in [-0.4, -0.2) is 35.0 Å². The standard InChI is InChI=1S/C36H32F5N3O2S/c1-2-42-17-18-43(21-24-15-16-27(25-9-4-3-5-10-25)29(19-24)36(39,40)41)33(46)22-44-31-14-7-6-12-28(31)32(45)20-34(44)47-23-26-11-8-13-30(37)35(26)38/h3-16,19-20,42H,2,17-18,21-23H2,1H3. The number of amides is 1. The van der Waals surface area contributed by atoms with Crippen LogP contribution in [0.15, 0.2) is 107 Å². The van der Waals surface area contributed by atoms with Crippen molar-refractivity contribution in [2.45, 2.75) is 37.0 Å². The molecule has 244 valence electrons. The van der Waals surface area contributed by atoms with Gasteiger partial charge in [0.2, 0.25) is 5.91 Å². The number of rotatable bonds is 12. The number of hydrogen-bond acceptors (Lipinski definition) is 4. The SMILES string of the molecule is CCNCCN(Cc1ccc(-c2ccccc2)c(C(F)(F)F)c1)C(=O)Cn1c(SCc2cccc(F)c2F)cc(=O)c2ccccc21. The van der Waals surface area contributed by atoms with Gasteiger partial charge in [0.1, 0.15) is 6.54 Å². The number of nitrogens with one attached hydrogen (secondary N) is 1. The molecule has 0 aliphatic rings. The Morgan fingerprint density at radius 3 is 2.40 bits per heavy atom. The van der Waals surface area contributed by atoms with Crippen molar-refractivity contribution in [1.82, 2.24) is 14.8 Å². The number of para-hydroxylation sites is 1. The van der Waals surface area contributed by atoms with E-state index >= 15 is 0 Å². The van der Waals surface area contributed by atoms with Gasteiger partial charge < -0.3 is 14.8 Å². The van der Waals surface area contributed by atoms with Crippen molar-refractivity contribution in [2.75, 3.05) is 19.6 Å². The predicted molar refractivity (Wildman–Crippen MR) is 175 cm³/mol. The van der Waals surface area contributed by atoms with Gasteiger partial charge in [-0.1, -0.05) is 73.7 Å². The van der Waals surface area contributed by atoms with Gasteiger partial charge in [-0.15, -0.1) is 11.8 Å². The van der Waals surface area contributed by atoms with E-state index in [-0.39, 0.29) is 41.9 Å². The zero-order valence-corrected chi connectivity index (χ0v) is 26.3. The molecule has 0 saturated carbocycles. The summed E-state index contributed by atoms with van der Waals surface area (Å²) in [6.45, 7) is 2.83. The van der Waals surface area contributed by atoms with Crippen LogP contribution < -0.4 is 10.7 Å². The van der Waals surface area contributed by atoms with Gasteiger partial charge in [-0.2, -0.15) is 13.2 Å². The predicted octanol–water partition coefficient (Wildman–Crippen LogP) is 7.90. The molecule has 0 saturated heterocycles. The maximum absolute atomic E-state index is 14.4.